The van der Waals surface area contributed by atoms with Crippen molar-refractivity contribution in [3.8, 4) is 5.75 Å². The lowest BCUT2D eigenvalue weighted by atomic mass is 10.1. The molecule has 1 aromatic carbocycles. The summed E-state index contributed by atoms with van der Waals surface area (Å²) in [5.74, 6) is -0.390. The van der Waals surface area contributed by atoms with Gasteiger partial charge in [-0.05, 0) is 17.7 Å². The van der Waals surface area contributed by atoms with E-state index in [1.54, 1.807) is 18.2 Å². The van der Waals surface area contributed by atoms with Crippen LogP contribution in [0.25, 0.3) is 0 Å². The van der Waals surface area contributed by atoms with E-state index in [0.29, 0.717) is 15.8 Å². The number of methoxy groups -OCH3 is 1. The van der Waals surface area contributed by atoms with Gasteiger partial charge in [0.05, 0.1) is 19.6 Å². The van der Waals surface area contributed by atoms with Gasteiger partial charge in [-0.2, -0.15) is 0 Å². The number of hydrogen-bond donors (Lipinski definition) is 2. The number of halogens is 1. The van der Waals surface area contributed by atoms with Crippen LogP contribution in [0.3, 0.4) is 0 Å². The van der Waals surface area contributed by atoms with Gasteiger partial charge < -0.3 is 14.9 Å². The molecule has 82 valence electrons. The Bertz CT molecular complexity index is 364. The smallest absolute Gasteiger partial charge is 0.306 e. The predicted octanol–water partition coefficient (Wildman–Crippen LogP) is 1.97. The molecule has 15 heavy (non-hydrogen) atoms. The summed E-state index contributed by atoms with van der Waals surface area (Å²) in [5, 5.41) is 18.1. The molecule has 1 atom stereocenters. The van der Waals surface area contributed by atoms with E-state index in [4.69, 9.17) is 9.84 Å². The third-order valence-corrected chi connectivity index (χ3v) is 2.62. The molecule has 1 unspecified atom stereocenters. The molecule has 0 saturated heterocycles. The molecule has 4 nitrogen and oxygen atoms in total. The van der Waals surface area contributed by atoms with Crippen molar-refractivity contribution in [3.63, 3.8) is 0 Å². The number of carboxylic acid groups (broad SMARTS) is 1. The summed E-state index contributed by atoms with van der Waals surface area (Å²) in [4.78, 5) is 10.4. The summed E-state index contributed by atoms with van der Waals surface area (Å²) in [6, 6.07) is 4.99. The van der Waals surface area contributed by atoms with Crippen molar-refractivity contribution in [1.29, 1.82) is 0 Å². The molecular formula is C10H11BrO4. The van der Waals surface area contributed by atoms with Crippen molar-refractivity contribution < 1.29 is 19.7 Å². The number of benzene rings is 1. The molecule has 0 heterocycles. The van der Waals surface area contributed by atoms with Gasteiger partial charge in [0, 0.05) is 4.47 Å². The van der Waals surface area contributed by atoms with Gasteiger partial charge in [-0.25, -0.2) is 0 Å². The van der Waals surface area contributed by atoms with Crippen molar-refractivity contribution in [2.75, 3.05) is 7.11 Å². The maximum absolute atomic E-state index is 10.4. The zero-order valence-electron chi connectivity index (χ0n) is 8.11. The molecule has 1 rings (SSSR count). The third kappa shape index (κ3) is 3.21. The topological polar surface area (TPSA) is 66.8 Å². The first kappa shape index (κ1) is 12.0. The van der Waals surface area contributed by atoms with Crippen LogP contribution in [0.1, 0.15) is 18.1 Å². The van der Waals surface area contributed by atoms with Crippen LogP contribution in [-0.2, 0) is 4.79 Å². The van der Waals surface area contributed by atoms with Crippen LogP contribution in [0, 0.1) is 0 Å². The van der Waals surface area contributed by atoms with Crippen LogP contribution in [-0.4, -0.2) is 23.3 Å². The average molecular weight is 275 g/mol. The Balaban J connectivity index is 2.90. The summed E-state index contributed by atoms with van der Waals surface area (Å²) in [6.07, 6.45) is -1.33. The van der Waals surface area contributed by atoms with E-state index in [9.17, 15) is 9.90 Å². The quantitative estimate of drug-likeness (QED) is 0.881. The van der Waals surface area contributed by atoms with Gasteiger partial charge in [0.25, 0.3) is 0 Å². The first-order chi connectivity index (χ1) is 7.04. The highest BCUT2D eigenvalue weighted by Crippen LogP contribution is 2.29. The van der Waals surface area contributed by atoms with E-state index in [2.05, 4.69) is 15.9 Å². The van der Waals surface area contributed by atoms with Crippen LogP contribution < -0.4 is 4.74 Å². The van der Waals surface area contributed by atoms with Gasteiger partial charge >= 0.3 is 5.97 Å². The zero-order chi connectivity index (χ0) is 11.4. The van der Waals surface area contributed by atoms with E-state index in [0.717, 1.165) is 0 Å². The largest absolute Gasteiger partial charge is 0.497 e. The van der Waals surface area contributed by atoms with E-state index in [1.807, 2.05) is 0 Å². The number of aliphatic carboxylic acids is 1. The Morgan fingerprint density at radius 2 is 2.27 bits per heavy atom. The second kappa shape index (κ2) is 5.14. The summed E-state index contributed by atoms with van der Waals surface area (Å²) in [5.41, 5.74) is 0.540. The maximum atomic E-state index is 10.4. The molecule has 1 aromatic rings. The Morgan fingerprint density at radius 3 is 2.73 bits per heavy atom. The van der Waals surface area contributed by atoms with Gasteiger partial charge in [-0.1, -0.05) is 22.0 Å². The van der Waals surface area contributed by atoms with Crippen LogP contribution in [0.5, 0.6) is 5.75 Å². The Hall–Kier alpha value is -1.07. The van der Waals surface area contributed by atoms with Crippen LogP contribution >= 0.6 is 15.9 Å². The first-order valence-corrected chi connectivity index (χ1v) is 5.07. The first-order valence-electron chi connectivity index (χ1n) is 4.28. The number of ether oxygens (including phenoxy) is 1. The molecular weight excluding hydrogens is 264 g/mol. The monoisotopic (exact) mass is 274 g/mol. The molecule has 0 fully saturated rings. The summed E-state index contributed by atoms with van der Waals surface area (Å²) < 4.78 is 5.62. The van der Waals surface area contributed by atoms with Crippen molar-refractivity contribution in [2.45, 2.75) is 12.5 Å². The highest BCUT2D eigenvalue weighted by molar-refractivity contribution is 9.10. The Labute approximate surface area is 95.6 Å². The number of rotatable bonds is 4. The van der Waals surface area contributed by atoms with E-state index < -0.39 is 12.1 Å². The minimum Gasteiger partial charge on any atom is -0.497 e. The standard InChI is InChI=1S/C10H11BrO4/c1-15-6-2-3-7(8(11)4-6)9(12)5-10(13)14/h2-4,9,12H,5H2,1H3,(H,13,14). The van der Waals surface area contributed by atoms with E-state index in [1.165, 1.54) is 7.11 Å². The predicted molar refractivity (Wildman–Crippen MR) is 57.9 cm³/mol. The number of carboxylic acids is 1. The van der Waals surface area contributed by atoms with Crippen LogP contribution in [0.4, 0.5) is 0 Å². The molecule has 0 amide bonds. The minimum absolute atomic E-state index is 0.315. The van der Waals surface area contributed by atoms with Gasteiger partial charge in [-0.15, -0.1) is 0 Å². The van der Waals surface area contributed by atoms with Crippen LogP contribution in [0.2, 0.25) is 0 Å². The second-order valence-corrected chi connectivity index (χ2v) is 3.86. The fourth-order valence-corrected chi connectivity index (χ4v) is 1.80. The number of aliphatic hydroxyl groups excluding tert-OH is 1. The van der Waals surface area contributed by atoms with E-state index in [-0.39, 0.29) is 6.42 Å². The molecule has 2 N–H and O–H groups in total. The number of hydrogen-bond acceptors (Lipinski definition) is 3. The molecule has 0 saturated carbocycles. The lowest BCUT2D eigenvalue weighted by Crippen LogP contribution is -2.06. The van der Waals surface area contributed by atoms with Gasteiger partial charge in [-0.3, -0.25) is 4.79 Å². The van der Waals surface area contributed by atoms with Gasteiger partial charge in [0.15, 0.2) is 0 Å². The molecule has 0 bridgehead atoms. The molecule has 5 heteroatoms. The molecule has 0 aromatic heterocycles. The highest BCUT2D eigenvalue weighted by Gasteiger charge is 2.15. The fraction of sp³-hybridized carbons (Fsp3) is 0.300. The lowest BCUT2D eigenvalue weighted by Gasteiger charge is -2.11. The SMILES string of the molecule is COc1ccc(C(O)CC(=O)O)c(Br)c1. The Kier molecular flexibility index (Phi) is 4.11. The number of carbonyl (C=O) groups is 1. The maximum Gasteiger partial charge on any atom is 0.306 e. The fourth-order valence-electron chi connectivity index (χ4n) is 1.18. The van der Waals surface area contributed by atoms with Crippen molar-refractivity contribution >= 4 is 21.9 Å². The van der Waals surface area contributed by atoms with Gasteiger partial charge in [0.1, 0.15) is 5.75 Å². The summed E-state index contributed by atoms with van der Waals surface area (Å²) >= 11 is 3.25. The molecule has 0 radical (unpaired) electrons. The minimum atomic E-state index is -1.04. The van der Waals surface area contributed by atoms with Crippen molar-refractivity contribution in [1.82, 2.24) is 0 Å². The molecule has 0 spiro atoms. The normalized spacial score (nSPS) is 12.2. The second-order valence-electron chi connectivity index (χ2n) is 3.00. The van der Waals surface area contributed by atoms with E-state index >= 15 is 0 Å². The number of aliphatic hydroxyl groups is 1. The average Bonchev–Trinajstić information content (AvgIpc) is 2.16. The van der Waals surface area contributed by atoms with Crippen LogP contribution in [0.15, 0.2) is 22.7 Å². The van der Waals surface area contributed by atoms with Crippen molar-refractivity contribution in [3.05, 3.63) is 28.2 Å². The van der Waals surface area contributed by atoms with Crippen molar-refractivity contribution in [2.24, 2.45) is 0 Å². The highest BCUT2D eigenvalue weighted by atomic mass is 79.9. The zero-order valence-corrected chi connectivity index (χ0v) is 9.69. The Morgan fingerprint density at radius 1 is 1.60 bits per heavy atom. The third-order valence-electron chi connectivity index (χ3n) is 1.93. The van der Waals surface area contributed by atoms with Gasteiger partial charge in [0.2, 0.25) is 0 Å². The molecule has 0 aliphatic heterocycles. The molecule has 0 aliphatic carbocycles. The summed E-state index contributed by atoms with van der Waals surface area (Å²) in [6.45, 7) is 0. The lowest BCUT2D eigenvalue weighted by molar-refractivity contribution is -0.139. The summed E-state index contributed by atoms with van der Waals surface area (Å²) in [7, 11) is 1.54. The molecule has 0 aliphatic rings.